The van der Waals surface area contributed by atoms with E-state index in [1.165, 1.54) is 51.5 Å². The number of sulfonamides is 1. The summed E-state index contributed by atoms with van der Waals surface area (Å²) in [6.07, 6.45) is -3.13. The molecule has 2 heterocycles. The van der Waals surface area contributed by atoms with Crippen LogP contribution in [0.1, 0.15) is 23.0 Å². The number of nitrogens with one attached hydrogen (secondary N) is 1. The van der Waals surface area contributed by atoms with Gasteiger partial charge in [-0.15, -0.1) is 5.10 Å². The van der Waals surface area contributed by atoms with Crippen LogP contribution in [0.4, 0.5) is 19.1 Å². The summed E-state index contributed by atoms with van der Waals surface area (Å²) in [7, 11) is 0.534. The molecule has 4 rings (SSSR count). The molecule has 2 N–H and O–H groups in total. The van der Waals surface area contributed by atoms with Crippen LogP contribution in [0.3, 0.4) is 0 Å². The highest BCUT2D eigenvalue weighted by Crippen LogP contribution is 2.38. The number of rotatable bonds is 5. The Bertz CT molecular complexity index is 1370. The van der Waals surface area contributed by atoms with Crippen LogP contribution in [0.25, 0.3) is 5.70 Å². The number of anilines is 1. The third-order valence-corrected chi connectivity index (χ3v) is 7.04. The highest BCUT2D eigenvalue weighted by molar-refractivity contribution is 7.89. The maximum absolute atomic E-state index is 13.3. The van der Waals surface area contributed by atoms with E-state index in [-0.39, 0.29) is 22.3 Å². The molecule has 1 aliphatic heterocycles. The van der Waals surface area contributed by atoms with Gasteiger partial charge in [0.15, 0.2) is 11.5 Å². The van der Waals surface area contributed by atoms with Crippen LogP contribution >= 0.6 is 0 Å². The summed E-state index contributed by atoms with van der Waals surface area (Å²) < 4.78 is 71.9. The number of allylic oxidation sites excluding steroid dienone is 1. The molecule has 180 valence electrons. The van der Waals surface area contributed by atoms with Gasteiger partial charge in [0.25, 0.3) is 5.82 Å². The molecule has 0 aliphatic carbocycles. The van der Waals surface area contributed by atoms with Gasteiger partial charge in [0, 0.05) is 19.8 Å². The van der Waals surface area contributed by atoms with E-state index in [2.05, 4.69) is 15.4 Å². The molecule has 0 radical (unpaired) electrons. The summed E-state index contributed by atoms with van der Waals surface area (Å²) in [6.45, 7) is 0. The number of benzene rings is 2. The first-order valence-corrected chi connectivity index (χ1v) is 11.3. The van der Waals surface area contributed by atoms with E-state index in [1.54, 1.807) is 18.2 Å². The first kappa shape index (κ1) is 23.6. The number of ether oxygens (including phenoxy) is 1. The van der Waals surface area contributed by atoms with Crippen LogP contribution in [0.15, 0.2) is 53.4 Å². The van der Waals surface area contributed by atoms with Gasteiger partial charge in [0.1, 0.15) is 6.04 Å². The molecule has 0 amide bonds. The Labute approximate surface area is 193 Å². The van der Waals surface area contributed by atoms with Crippen molar-refractivity contribution >= 4 is 21.7 Å². The van der Waals surface area contributed by atoms with E-state index in [0.29, 0.717) is 16.8 Å². The largest absolute Gasteiger partial charge is 0.504 e. The highest BCUT2D eigenvalue weighted by atomic mass is 32.2. The van der Waals surface area contributed by atoms with Gasteiger partial charge in [-0.1, -0.05) is 18.2 Å². The topological polar surface area (TPSA) is 110 Å². The smallest absolute Gasteiger partial charge is 0.453 e. The summed E-state index contributed by atoms with van der Waals surface area (Å²) >= 11 is 0. The number of nitrogens with zero attached hydrogens (tertiary/aromatic N) is 4. The molecule has 1 unspecified atom stereocenters. The van der Waals surface area contributed by atoms with Crippen LogP contribution in [0, 0.1) is 0 Å². The van der Waals surface area contributed by atoms with Gasteiger partial charge in [0.2, 0.25) is 16.0 Å². The Kier molecular flexibility index (Phi) is 5.77. The molecular weight excluding hydrogens is 475 g/mol. The number of aromatic nitrogens is 3. The van der Waals surface area contributed by atoms with Crippen LogP contribution in [-0.2, 0) is 16.2 Å². The lowest BCUT2D eigenvalue weighted by Crippen LogP contribution is -2.22. The van der Waals surface area contributed by atoms with E-state index >= 15 is 0 Å². The molecule has 0 spiro atoms. The Morgan fingerprint density at radius 1 is 1.15 bits per heavy atom. The molecular formula is C21H20F3N5O4S. The number of methoxy groups -OCH3 is 1. The van der Waals surface area contributed by atoms with Crippen molar-refractivity contribution in [2.75, 3.05) is 26.5 Å². The molecule has 0 saturated heterocycles. The molecule has 1 aliphatic rings. The van der Waals surface area contributed by atoms with Gasteiger partial charge >= 0.3 is 6.18 Å². The summed E-state index contributed by atoms with van der Waals surface area (Å²) in [5, 5.41) is 16.4. The Balaban J connectivity index is 1.81. The van der Waals surface area contributed by atoms with E-state index in [1.807, 2.05) is 0 Å². The van der Waals surface area contributed by atoms with Crippen LogP contribution < -0.4 is 10.1 Å². The van der Waals surface area contributed by atoms with Crippen molar-refractivity contribution in [1.82, 2.24) is 19.1 Å². The van der Waals surface area contributed by atoms with Gasteiger partial charge in [-0.3, -0.25) is 0 Å². The molecule has 2 aromatic carbocycles. The van der Waals surface area contributed by atoms with Gasteiger partial charge in [-0.2, -0.15) is 18.2 Å². The second kappa shape index (κ2) is 8.33. The van der Waals surface area contributed by atoms with Crippen LogP contribution in [0.5, 0.6) is 11.5 Å². The minimum atomic E-state index is -4.76. The molecule has 9 nitrogen and oxygen atoms in total. The fourth-order valence-electron chi connectivity index (χ4n) is 3.41. The maximum atomic E-state index is 13.3. The average Bonchev–Trinajstić information content (AvgIpc) is 3.24. The molecule has 1 atom stereocenters. The zero-order valence-corrected chi connectivity index (χ0v) is 19.0. The molecule has 3 aromatic rings. The summed E-state index contributed by atoms with van der Waals surface area (Å²) in [4.78, 5) is 3.67. The SMILES string of the molecule is COc1cc(C2C=C(c3ccc(S(=O)(=O)N(C)C)cc3)Nc3nc(C(F)(F)F)nn32)ccc1O. The van der Waals surface area contributed by atoms with Crippen molar-refractivity contribution in [1.29, 1.82) is 0 Å². The zero-order chi connectivity index (χ0) is 24.8. The Hall–Kier alpha value is -3.58. The standard InChI is InChI=1S/C21H20F3N5O4S/c1-28(2)34(31,32)14-7-4-12(5-8-14)15-11-16(13-6-9-17(30)18(10-13)33-3)29-20(25-15)26-19(27-29)21(22,23)24/h4-11,16,30H,1-3H3,(H,25,26,27). The second-order valence-corrected chi connectivity index (χ2v) is 9.75. The van der Waals surface area contributed by atoms with Crippen LogP contribution in [-0.4, -0.2) is 53.8 Å². The molecule has 0 bridgehead atoms. The van der Waals surface area contributed by atoms with Crippen molar-refractivity contribution in [2.24, 2.45) is 0 Å². The Morgan fingerprint density at radius 2 is 1.82 bits per heavy atom. The lowest BCUT2D eigenvalue weighted by atomic mass is 10.0. The molecule has 1 aromatic heterocycles. The number of hydrogen-bond acceptors (Lipinski definition) is 7. The quantitative estimate of drug-likeness (QED) is 0.559. The van der Waals surface area contributed by atoms with Crippen molar-refractivity contribution in [3.63, 3.8) is 0 Å². The molecule has 0 fully saturated rings. The van der Waals surface area contributed by atoms with Crippen molar-refractivity contribution in [2.45, 2.75) is 17.1 Å². The highest BCUT2D eigenvalue weighted by Gasteiger charge is 2.39. The van der Waals surface area contributed by atoms with Crippen molar-refractivity contribution in [3.05, 3.63) is 65.5 Å². The van der Waals surface area contributed by atoms with Crippen molar-refractivity contribution < 1.29 is 31.4 Å². The third-order valence-electron chi connectivity index (χ3n) is 5.21. The van der Waals surface area contributed by atoms with Gasteiger partial charge in [0.05, 0.1) is 12.0 Å². The number of hydrogen-bond donors (Lipinski definition) is 2. The summed E-state index contributed by atoms with van der Waals surface area (Å²) in [6, 6.07) is 9.47. The maximum Gasteiger partial charge on any atom is 0.453 e. The number of fused-ring (bicyclic) bond motifs is 1. The average molecular weight is 495 g/mol. The van der Waals surface area contributed by atoms with E-state index in [4.69, 9.17) is 4.74 Å². The van der Waals surface area contributed by atoms with Gasteiger partial charge in [-0.25, -0.2) is 17.4 Å². The lowest BCUT2D eigenvalue weighted by Gasteiger charge is -2.25. The van der Waals surface area contributed by atoms with E-state index in [9.17, 15) is 26.7 Å². The number of aromatic hydroxyl groups is 1. The fraction of sp³-hybridized carbons (Fsp3) is 0.238. The molecule has 34 heavy (non-hydrogen) atoms. The molecule has 0 saturated carbocycles. The first-order valence-electron chi connectivity index (χ1n) is 9.84. The predicted octanol–water partition coefficient (Wildman–Crippen LogP) is 3.32. The van der Waals surface area contributed by atoms with Gasteiger partial charge < -0.3 is 15.2 Å². The number of halogens is 3. The normalized spacial score (nSPS) is 16.1. The minimum absolute atomic E-state index is 0.0694. The fourth-order valence-corrected chi connectivity index (χ4v) is 4.32. The summed E-state index contributed by atoms with van der Waals surface area (Å²) in [5.41, 5.74) is 1.41. The number of phenols is 1. The molecule has 13 heteroatoms. The van der Waals surface area contributed by atoms with E-state index in [0.717, 1.165) is 8.99 Å². The zero-order valence-electron chi connectivity index (χ0n) is 18.2. The Morgan fingerprint density at radius 3 is 2.41 bits per heavy atom. The monoisotopic (exact) mass is 495 g/mol. The lowest BCUT2D eigenvalue weighted by molar-refractivity contribution is -0.145. The number of alkyl halides is 3. The van der Waals surface area contributed by atoms with E-state index < -0.39 is 28.1 Å². The first-order chi connectivity index (χ1) is 15.9. The third kappa shape index (κ3) is 4.19. The van der Waals surface area contributed by atoms with Crippen molar-refractivity contribution in [3.8, 4) is 11.5 Å². The van der Waals surface area contributed by atoms with Gasteiger partial charge in [-0.05, 0) is 41.5 Å². The predicted molar refractivity (Wildman–Crippen MR) is 117 cm³/mol. The van der Waals surface area contributed by atoms with Crippen LogP contribution in [0.2, 0.25) is 0 Å². The number of phenolic OH excluding ortho intramolecular Hbond substituents is 1. The summed E-state index contributed by atoms with van der Waals surface area (Å²) in [5.74, 6) is -1.45. The second-order valence-electron chi connectivity index (χ2n) is 7.59. The minimum Gasteiger partial charge on any atom is -0.504 e.